The Morgan fingerprint density at radius 2 is 2.26 bits per heavy atom. The van der Waals surface area contributed by atoms with Crippen LogP contribution in [0.1, 0.15) is 6.92 Å². The van der Waals surface area contributed by atoms with Crippen LogP contribution in [-0.2, 0) is 16.1 Å². The van der Waals surface area contributed by atoms with Crippen LogP contribution >= 0.6 is 0 Å². The smallest absolute Gasteiger partial charge is 0.343 e. The zero-order valence-electron chi connectivity index (χ0n) is 10.9. The molecule has 0 unspecified atom stereocenters. The van der Waals surface area contributed by atoms with Gasteiger partial charge in [0.05, 0.1) is 18.5 Å². The van der Waals surface area contributed by atoms with E-state index < -0.39 is 5.97 Å². The lowest BCUT2D eigenvalue weighted by atomic mass is 10.3. The average Bonchev–Trinajstić information content (AvgIpc) is 2.89. The van der Waals surface area contributed by atoms with E-state index in [0.717, 1.165) is 11.4 Å². The van der Waals surface area contributed by atoms with Crippen LogP contribution in [0.2, 0.25) is 0 Å². The molecule has 6 nitrogen and oxygen atoms in total. The Labute approximate surface area is 111 Å². The van der Waals surface area contributed by atoms with E-state index in [1.165, 1.54) is 7.11 Å². The fourth-order valence-corrected chi connectivity index (χ4v) is 1.62. The van der Waals surface area contributed by atoms with Crippen molar-refractivity contribution in [2.24, 2.45) is 0 Å². The molecule has 100 valence electrons. The molecule has 0 radical (unpaired) electrons. The molecule has 2 aromatic heterocycles. The van der Waals surface area contributed by atoms with E-state index in [1.807, 2.05) is 25.1 Å². The van der Waals surface area contributed by atoms with Gasteiger partial charge in [-0.15, -0.1) is 5.10 Å². The molecule has 0 saturated heterocycles. The highest BCUT2D eigenvalue weighted by Crippen LogP contribution is 2.21. The molecule has 0 aromatic carbocycles. The van der Waals surface area contributed by atoms with Crippen LogP contribution in [0.4, 0.5) is 0 Å². The molecule has 2 heterocycles. The molecular formula is C13H15N3O3. The Hall–Kier alpha value is -2.37. The number of rotatable bonds is 5. The highest BCUT2D eigenvalue weighted by molar-refractivity contribution is 5.70. The molecule has 0 saturated carbocycles. The fourth-order valence-electron chi connectivity index (χ4n) is 1.62. The Morgan fingerprint density at radius 3 is 2.89 bits per heavy atom. The largest absolute Gasteiger partial charge is 0.466 e. The SMILES string of the molecule is CCn1nc(OCC(=O)OC)cc1-c1ccccn1. The second-order valence-corrected chi connectivity index (χ2v) is 3.76. The van der Waals surface area contributed by atoms with Gasteiger partial charge in [0.2, 0.25) is 5.88 Å². The van der Waals surface area contributed by atoms with Crippen molar-refractivity contribution in [1.82, 2.24) is 14.8 Å². The fraction of sp³-hybridized carbons (Fsp3) is 0.308. The van der Waals surface area contributed by atoms with Crippen molar-refractivity contribution in [3.63, 3.8) is 0 Å². The number of hydrogen-bond donors (Lipinski definition) is 0. The molecule has 0 atom stereocenters. The van der Waals surface area contributed by atoms with Gasteiger partial charge in [-0.3, -0.25) is 9.67 Å². The third-order valence-electron chi connectivity index (χ3n) is 2.55. The van der Waals surface area contributed by atoms with Crippen LogP contribution in [0.25, 0.3) is 11.4 Å². The number of nitrogens with zero attached hydrogens (tertiary/aromatic N) is 3. The Bertz CT molecular complexity index is 552. The Balaban J connectivity index is 2.20. The van der Waals surface area contributed by atoms with Crippen molar-refractivity contribution >= 4 is 5.97 Å². The number of methoxy groups -OCH3 is 1. The molecule has 0 bridgehead atoms. The highest BCUT2D eigenvalue weighted by atomic mass is 16.6. The minimum atomic E-state index is -0.439. The molecule has 19 heavy (non-hydrogen) atoms. The lowest BCUT2D eigenvalue weighted by molar-refractivity contribution is -0.143. The highest BCUT2D eigenvalue weighted by Gasteiger charge is 2.11. The predicted octanol–water partition coefficient (Wildman–Crippen LogP) is 1.52. The van der Waals surface area contributed by atoms with E-state index in [9.17, 15) is 4.79 Å². The van der Waals surface area contributed by atoms with E-state index in [0.29, 0.717) is 12.4 Å². The summed E-state index contributed by atoms with van der Waals surface area (Å²) in [6, 6.07) is 7.41. The molecule has 2 rings (SSSR count). The van der Waals surface area contributed by atoms with Gasteiger partial charge in [-0.25, -0.2) is 4.79 Å². The standard InChI is InChI=1S/C13H15N3O3/c1-3-16-11(10-6-4-5-7-14-10)8-12(15-16)19-9-13(17)18-2/h4-8H,3,9H2,1-2H3. The summed E-state index contributed by atoms with van der Waals surface area (Å²) >= 11 is 0. The van der Waals surface area contributed by atoms with Gasteiger partial charge in [-0.2, -0.15) is 0 Å². The molecule has 0 spiro atoms. The van der Waals surface area contributed by atoms with Crippen molar-refractivity contribution in [3.8, 4) is 17.3 Å². The van der Waals surface area contributed by atoms with E-state index in [2.05, 4.69) is 14.8 Å². The summed E-state index contributed by atoms with van der Waals surface area (Å²) in [5, 5.41) is 4.26. The first-order valence-corrected chi connectivity index (χ1v) is 5.93. The number of aromatic nitrogens is 3. The lowest BCUT2D eigenvalue weighted by Crippen LogP contribution is -2.12. The lowest BCUT2D eigenvalue weighted by Gasteiger charge is -2.02. The number of ether oxygens (including phenoxy) is 2. The monoisotopic (exact) mass is 261 g/mol. The third kappa shape index (κ3) is 3.09. The summed E-state index contributed by atoms with van der Waals surface area (Å²) in [5.41, 5.74) is 1.66. The van der Waals surface area contributed by atoms with Crippen LogP contribution in [0.3, 0.4) is 0 Å². The Morgan fingerprint density at radius 1 is 1.42 bits per heavy atom. The second kappa shape index (κ2) is 5.99. The Kier molecular flexibility index (Phi) is 4.12. The number of carbonyl (C=O) groups is 1. The first-order chi connectivity index (χ1) is 9.24. The summed E-state index contributed by atoms with van der Waals surface area (Å²) in [6.45, 7) is 2.51. The van der Waals surface area contributed by atoms with Crippen molar-refractivity contribution < 1.29 is 14.3 Å². The second-order valence-electron chi connectivity index (χ2n) is 3.76. The first-order valence-electron chi connectivity index (χ1n) is 5.93. The van der Waals surface area contributed by atoms with E-state index in [1.54, 1.807) is 16.9 Å². The normalized spacial score (nSPS) is 10.2. The summed E-state index contributed by atoms with van der Waals surface area (Å²) in [5.74, 6) is -0.0571. The van der Waals surface area contributed by atoms with Crippen molar-refractivity contribution in [2.75, 3.05) is 13.7 Å². The molecule has 0 N–H and O–H groups in total. The van der Waals surface area contributed by atoms with Crippen LogP contribution in [0.15, 0.2) is 30.5 Å². The topological polar surface area (TPSA) is 66.2 Å². The van der Waals surface area contributed by atoms with E-state index in [4.69, 9.17) is 4.74 Å². The van der Waals surface area contributed by atoms with Crippen LogP contribution in [0.5, 0.6) is 5.88 Å². The first kappa shape index (κ1) is 13.1. The van der Waals surface area contributed by atoms with E-state index in [-0.39, 0.29) is 6.61 Å². The molecular weight excluding hydrogens is 246 g/mol. The maximum absolute atomic E-state index is 11.0. The molecule has 2 aromatic rings. The number of carbonyl (C=O) groups excluding carboxylic acids is 1. The van der Waals surface area contributed by atoms with Gasteiger partial charge in [0.15, 0.2) is 6.61 Å². The van der Waals surface area contributed by atoms with Gasteiger partial charge >= 0.3 is 5.97 Å². The van der Waals surface area contributed by atoms with Crippen molar-refractivity contribution in [1.29, 1.82) is 0 Å². The van der Waals surface area contributed by atoms with Gasteiger partial charge in [0.1, 0.15) is 0 Å². The minimum Gasteiger partial charge on any atom is -0.466 e. The summed E-state index contributed by atoms with van der Waals surface area (Å²) in [7, 11) is 1.32. The quantitative estimate of drug-likeness (QED) is 0.763. The minimum absolute atomic E-state index is 0.154. The van der Waals surface area contributed by atoms with Gasteiger partial charge in [-0.05, 0) is 19.1 Å². The van der Waals surface area contributed by atoms with Crippen LogP contribution in [0, 0.1) is 0 Å². The predicted molar refractivity (Wildman–Crippen MR) is 68.6 cm³/mol. The van der Waals surface area contributed by atoms with E-state index >= 15 is 0 Å². The molecule has 0 aliphatic rings. The average molecular weight is 261 g/mol. The molecule has 0 aliphatic carbocycles. The van der Waals surface area contributed by atoms with Gasteiger partial charge in [0.25, 0.3) is 0 Å². The van der Waals surface area contributed by atoms with Crippen molar-refractivity contribution in [2.45, 2.75) is 13.5 Å². The number of pyridine rings is 1. The summed E-state index contributed by atoms with van der Waals surface area (Å²) in [6.07, 6.45) is 1.72. The summed E-state index contributed by atoms with van der Waals surface area (Å²) < 4.78 is 11.6. The van der Waals surface area contributed by atoms with Crippen LogP contribution < -0.4 is 4.74 Å². The number of hydrogen-bond acceptors (Lipinski definition) is 5. The zero-order valence-corrected chi connectivity index (χ0v) is 10.9. The zero-order chi connectivity index (χ0) is 13.7. The maximum atomic E-state index is 11.0. The van der Waals surface area contributed by atoms with Crippen LogP contribution in [-0.4, -0.2) is 34.5 Å². The maximum Gasteiger partial charge on any atom is 0.343 e. The molecule has 0 aliphatic heterocycles. The molecule has 6 heteroatoms. The van der Waals surface area contributed by atoms with Gasteiger partial charge < -0.3 is 9.47 Å². The van der Waals surface area contributed by atoms with Gasteiger partial charge in [0, 0.05) is 18.8 Å². The molecule has 0 fully saturated rings. The number of aryl methyl sites for hydroxylation is 1. The van der Waals surface area contributed by atoms with Gasteiger partial charge in [-0.1, -0.05) is 6.07 Å². The summed E-state index contributed by atoms with van der Waals surface area (Å²) in [4.78, 5) is 15.3. The van der Waals surface area contributed by atoms with Crippen molar-refractivity contribution in [3.05, 3.63) is 30.5 Å². The molecule has 0 amide bonds. The number of esters is 1. The third-order valence-corrected chi connectivity index (χ3v) is 2.55.